The molecule has 1 aliphatic heterocycles. The fourth-order valence-corrected chi connectivity index (χ4v) is 4.69. The molecule has 0 amide bonds. The number of aryl methyl sites for hydroxylation is 2. The molecule has 1 aliphatic rings. The average molecular weight is 388 g/mol. The summed E-state index contributed by atoms with van der Waals surface area (Å²) in [7, 11) is 0. The van der Waals surface area contributed by atoms with E-state index in [0.717, 1.165) is 54.4 Å². The predicted octanol–water partition coefficient (Wildman–Crippen LogP) is 2.52. The number of hydrogen-bond acceptors (Lipinski definition) is 5. The van der Waals surface area contributed by atoms with Gasteiger partial charge < -0.3 is 15.0 Å². The molecule has 5 nitrogen and oxygen atoms in total. The SMILES string of the molecule is Cc1sc2ncnc(NC[C@@H](c3ccc(F)cc3)[NH+]3CCOCC3)c2c1C. The van der Waals surface area contributed by atoms with Gasteiger partial charge in [-0.15, -0.1) is 11.3 Å². The van der Waals surface area contributed by atoms with Crippen LogP contribution in [0.1, 0.15) is 22.0 Å². The second kappa shape index (κ2) is 7.88. The maximum atomic E-state index is 13.4. The maximum Gasteiger partial charge on any atom is 0.138 e. The quantitative estimate of drug-likeness (QED) is 0.706. The number of halogens is 1. The number of anilines is 1. The van der Waals surface area contributed by atoms with E-state index in [1.165, 1.54) is 27.5 Å². The van der Waals surface area contributed by atoms with Crippen LogP contribution < -0.4 is 10.2 Å². The van der Waals surface area contributed by atoms with Crippen molar-refractivity contribution in [2.45, 2.75) is 19.9 Å². The van der Waals surface area contributed by atoms with Gasteiger partial charge in [0, 0.05) is 10.4 Å². The van der Waals surface area contributed by atoms with Crippen LogP contribution in [-0.2, 0) is 4.74 Å². The molecule has 0 bridgehead atoms. The fourth-order valence-electron chi connectivity index (χ4n) is 3.69. The highest BCUT2D eigenvalue weighted by Gasteiger charge is 2.27. The van der Waals surface area contributed by atoms with Gasteiger partial charge in [-0.05, 0) is 31.5 Å². The Labute approximate surface area is 162 Å². The van der Waals surface area contributed by atoms with E-state index in [0.29, 0.717) is 0 Å². The highest BCUT2D eigenvalue weighted by molar-refractivity contribution is 7.18. The number of morpholine rings is 1. The van der Waals surface area contributed by atoms with Crippen molar-refractivity contribution < 1.29 is 14.0 Å². The minimum atomic E-state index is -0.204. The van der Waals surface area contributed by atoms with Gasteiger partial charge in [-0.3, -0.25) is 0 Å². The van der Waals surface area contributed by atoms with Gasteiger partial charge >= 0.3 is 0 Å². The lowest BCUT2D eigenvalue weighted by atomic mass is 10.0. The Bertz CT molecular complexity index is 922. The molecule has 2 aromatic heterocycles. The summed E-state index contributed by atoms with van der Waals surface area (Å²) >= 11 is 1.70. The molecule has 0 aliphatic carbocycles. The zero-order valence-electron chi connectivity index (χ0n) is 15.6. The summed E-state index contributed by atoms with van der Waals surface area (Å²) in [5, 5.41) is 4.66. The summed E-state index contributed by atoms with van der Waals surface area (Å²) in [6.45, 7) is 8.36. The first-order chi connectivity index (χ1) is 13.1. The predicted molar refractivity (Wildman–Crippen MR) is 106 cm³/mol. The summed E-state index contributed by atoms with van der Waals surface area (Å²) in [5.74, 6) is 0.672. The summed E-state index contributed by atoms with van der Waals surface area (Å²) in [5.41, 5.74) is 2.36. The summed E-state index contributed by atoms with van der Waals surface area (Å²) in [6, 6.07) is 7.06. The molecule has 0 radical (unpaired) electrons. The standard InChI is InChI=1S/C20H23FN4OS/c1-13-14(2)27-20-18(13)19(23-12-24-20)22-11-17(25-7-9-26-10-8-25)15-3-5-16(21)6-4-15/h3-6,12,17H,7-11H2,1-2H3,(H,22,23,24)/p+1/t17-/m0/s1. The van der Waals surface area contributed by atoms with Gasteiger partial charge in [0.2, 0.25) is 0 Å². The Kier molecular flexibility index (Phi) is 5.33. The summed E-state index contributed by atoms with van der Waals surface area (Å²) in [6.07, 6.45) is 1.62. The number of nitrogens with zero attached hydrogens (tertiary/aromatic N) is 2. The van der Waals surface area contributed by atoms with Crippen LogP contribution in [0.25, 0.3) is 10.2 Å². The first kappa shape index (κ1) is 18.3. The van der Waals surface area contributed by atoms with Crippen LogP contribution in [0, 0.1) is 19.7 Å². The topological polar surface area (TPSA) is 51.5 Å². The molecular formula is C20H24FN4OS+. The molecule has 27 heavy (non-hydrogen) atoms. The maximum absolute atomic E-state index is 13.4. The third kappa shape index (κ3) is 3.81. The Morgan fingerprint density at radius 3 is 2.67 bits per heavy atom. The Balaban J connectivity index is 1.61. The van der Waals surface area contributed by atoms with Crippen LogP contribution in [0.2, 0.25) is 0 Å². The lowest BCUT2D eigenvalue weighted by Gasteiger charge is -2.32. The first-order valence-corrected chi connectivity index (χ1v) is 10.1. The van der Waals surface area contributed by atoms with Gasteiger partial charge in [-0.25, -0.2) is 14.4 Å². The van der Waals surface area contributed by atoms with Crippen molar-refractivity contribution in [1.29, 1.82) is 0 Å². The molecule has 0 spiro atoms. The number of nitrogens with one attached hydrogen (secondary N) is 2. The third-order valence-electron chi connectivity index (χ3n) is 5.34. The lowest BCUT2D eigenvalue weighted by molar-refractivity contribution is -0.937. The number of aromatic nitrogens is 2. The van der Waals surface area contributed by atoms with E-state index in [1.54, 1.807) is 17.7 Å². The summed E-state index contributed by atoms with van der Waals surface area (Å²) < 4.78 is 18.9. The number of thiophene rings is 1. The normalized spacial score (nSPS) is 16.6. The molecular weight excluding hydrogens is 363 g/mol. The van der Waals surface area contributed by atoms with Crippen molar-refractivity contribution in [2.75, 3.05) is 38.2 Å². The molecule has 1 aromatic carbocycles. The van der Waals surface area contributed by atoms with Crippen molar-refractivity contribution in [3.8, 4) is 0 Å². The molecule has 0 saturated carbocycles. The third-order valence-corrected chi connectivity index (χ3v) is 6.45. The van der Waals surface area contributed by atoms with Crippen LogP contribution in [0.15, 0.2) is 30.6 Å². The number of benzene rings is 1. The largest absolute Gasteiger partial charge is 0.370 e. The molecule has 1 atom stereocenters. The summed E-state index contributed by atoms with van der Waals surface area (Å²) in [4.78, 5) is 12.6. The van der Waals surface area contributed by atoms with Crippen LogP contribution in [0.4, 0.5) is 10.2 Å². The van der Waals surface area contributed by atoms with Gasteiger partial charge in [0.1, 0.15) is 41.9 Å². The number of rotatable bonds is 5. The second-order valence-electron chi connectivity index (χ2n) is 6.94. The Morgan fingerprint density at radius 1 is 1.19 bits per heavy atom. The molecule has 7 heteroatoms. The van der Waals surface area contributed by atoms with Crippen molar-refractivity contribution in [2.24, 2.45) is 0 Å². The monoisotopic (exact) mass is 387 g/mol. The van der Waals surface area contributed by atoms with E-state index in [-0.39, 0.29) is 11.9 Å². The smallest absolute Gasteiger partial charge is 0.138 e. The number of hydrogen-bond donors (Lipinski definition) is 2. The molecule has 3 aromatic rings. The fraction of sp³-hybridized carbons (Fsp3) is 0.400. The number of fused-ring (bicyclic) bond motifs is 1. The lowest BCUT2D eigenvalue weighted by Crippen LogP contribution is -3.14. The van der Waals surface area contributed by atoms with E-state index in [1.807, 2.05) is 12.1 Å². The number of quaternary nitrogens is 1. The van der Waals surface area contributed by atoms with Crippen molar-refractivity contribution in [3.63, 3.8) is 0 Å². The zero-order valence-corrected chi connectivity index (χ0v) is 16.4. The molecule has 1 saturated heterocycles. The van der Waals surface area contributed by atoms with Crippen LogP contribution in [0.5, 0.6) is 0 Å². The molecule has 2 N–H and O–H groups in total. The van der Waals surface area contributed by atoms with Crippen LogP contribution >= 0.6 is 11.3 Å². The minimum absolute atomic E-state index is 0.204. The van der Waals surface area contributed by atoms with Crippen molar-refractivity contribution in [3.05, 3.63) is 52.4 Å². The van der Waals surface area contributed by atoms with Crippen molar-refractivity contribution >= 4 is 27.4 Å². The second-order valence-corrected chi connectivity index (χ2v) is 8.14. The van der Waals surface area contributed by atoms with E-state index in [9.17, 15) is 4.39 Å². The van der Waals surface area contributed by atoms with Gasteiger partial charge in [0.15, 0.2) is 0 Å². The van der Waals surface area contributed by atoms with E-state index < -0.39 is 0 Å². The first-order valence-electron chi connectivity index (χ1n) is 9.26. The molecule has 3 heterocycles. The highest BCUT2D eigenvalue weighted by atomic mass is 32.1. The average Bonchev–Trinajstić information content (AvgIpc) is 2.99. The molecule has 4 rings (SSSR count). The molecule has 142 valence electrons. The van der Waals surface area contributed by atoms with Gasteiger partial charge in [0.25, 0.3) is 0 Å². The van der Waals surface area contributed by atoms with Crippen molar-refractivity contribution in [1.82, 2.24) is 9.97 Å². The van der Waals surface area contributed by atoms with Crippen LogP contribution in [-0.4, -0.2) is 42.8 Å². The Hall–Kier alpha value is -2.09. The van der Waals surface area contributed by atoms with Gasteiger partial charge in [0.05, 0.1) is 25.1 Å². The van der Waals surface area contributed by atoms with Gasteiger partial charge in [-0.2, -0.15) is 0 Å². The van der Waals surface area contributed by atoms with E-state index >= 15 is 0 Å². The highest BCUT2D eigenvalue weighted by Crippen LogP contribution is 2.32. The molecule has 0 unspecified atom stereocenters. The molecule has 1 fully saturated rings. The van der Waals surface area contributed by atoms with Gasteiger partial charge in [-0.1, -0.05) is 12.1 Å². The zero-order chi connectivity index (χ0) is 18.8. The van der Waals surface area contributed by atoms with E-state index in [2.05, 4.69) is 29.1 Å². The van der Waals surface area contributed by atoms with E-state index in [4.69, 9.17) is 4.74 Å². The Morgan fingerprint density at radius 2 is 1.93 bits per heavy atom. The number of ether oxygens (including phenoxy) is 1. The van der Waals surface area contributed by atoms with Crippen LogP contribution in [0.3, 0.4) is 0 Å². The minimum Gasteiger partial charge on any atom is -0.370 e.